The van der Waals surface area contributed by atoms with E-state index in [0.717, 1.165) is 13.0 Å². The van der Waals surface area contributed by atoms with Crippen LogP contribution in [-0.2, 0) is 13.0 Å². The topological polar surface area (TPSA) is 28.2 Å². The van der Waals surface area contributed by atoms with Crippen molar-refractivity contribution in [3.63, 3.8) is 0 Å². The molecule has 2 rings (SSSR count). The van der Waals surface area contributed by atoms with Crippen LogP contribution in [-0.4, -0.2) is 24.6 Å². The lowest BCUT2D eigenvalue weighted by molar-refractivity contribution is 0.555. The molecule has 4 heteroatoms. The van der Waals surface area contributed by atoms with Crippen LogP contribution in [0.2, 0.25) is 0 Å². The lowest BCUT2D eigenvalue weighted by Crippen LogP contribution is -2.34. The number of rotatable bonds is 6. The fourth-order valence-corrected chi connectivity index (χ4v) is 4.29. The Morgan fingerprint density at radius 3 is 2.85 bits per heavy atom. The Morgan fingerprint density at radius 2 is 2.15 bits per heavy atom. The average Bonchev–Trinajstić information content (AvgIpc) is 2.70. The van der Waals surface area contributed by atoms with E-state index in [4.69, 9.17) is 4.98 Å². The van der Waals surface area contributed by atoms with Gasteiger partial charge >= 0.3 is 0 Å². The Morgan fingerprint density at radius 1 is 1.30 bits per heavy atom. The molecule has 0 aromatic carbocycles. The number of aryl methyl sites for hydroxylation is 1. The van der Waals surface area contributed by atoms with E-state index in [-0.39, 0.29) is 0 Å². The van der Waals surface area contributed by atoms with E-state index in [1.54, 1.807) is 0 Å². The Labute approximate surface area is 127 Å². The minimum atomic E-state index is 0.695. The summed E-state index contributed by atoms with van der Waals surface area (Å²) in [5, 5.41) is 4.56. The van der Waals surface area contributed by atoms with E-state index in [0.29, 0.717) is 6.04 Å². The number of hydrogen-bond acceptors (Lipinski definition) is 4. The molecule has 20 heavy (non-hydrogen) atoms. The van der Waals surface area contributed by atoms with Crippen molar-refractivity contribution in [1.29, 1.82) is 0 Å². The first-order valence-electron chi connectivity index (χ1n) is 8.19. The van der Waals surface area contributed by atoms with Crippen LogP contribution in [0.5, 0.6) is 0 Å². The van der Waals surface area contributed by atoms with Gasteiger partial charge in [-0.25, -0.2) is 4.98 Å². The highest BCUT2D eigenvalue weighted by Crippen LogP contribution is 2.32. The molecule has 1 aliphatic heterocycles. The smallest absolute Gasteiger partial charge is 0.186 e. The van der Waals surface area contributed by atoms with Crippen molar-refractivity contribution in [2.45, 2.75) is 71.4 Å². The second-order valence-corrected chi connectivity index (χ2v) is 6.81. The minimum absolute atomic E-state index is 0.695. The van der Waals surface area contributed by atoms with Gasteiger partial charge in [0.1, 0.15) is 0 Å². The number of hydrogen-bond donors (Lipinski definition) is 1. The van der Waals surface area contributed by atoms with Crippen molar-refractivity contribution in [1.82, 2.24) is 10.3 Å². The lowest BCUT2D eigenvalue weighted by atomic mass is 10.1. The van der Waals surface area contributed by atoms with Crippen molar-refractivity contribution in [2.75, 3.05) is 18.5 Å². The normalized spacial score (nSPS) is 20.1. The van der Waals surface area contributed by atoms with E-state index in [1.807, 2.05) is 18.4 Å². The van der Waals surface area contributed by atoms with Crippen LogP contribution in [0.25, 0.3) is 0 Å². The van der Waals surface area contributed by atoms with Crippen LogP contribution < -0.4 is 10.2 Å². The van der Waals surface area contributed by atoms with Crippen molar-refractivity contribution in [2.24, 2.45) is 0 Å². The molecule has 1 atom stereocenters. The van der Waals surface area contributed by atoms with Gasteiger partial charge in [-0.2, -0.15) is 0 Å². The highest BCUT2D eigenvalue weighted by atomic mass is 32.1. The van der Waals surface area contributed by atoms with E-state index < -0.39 is 0 Å². The Bertz CT molecular complexity index is 379. The van der Waals surface area contributed by atoms with E-state index in [1.165, 1.54) is 60.8 Å². The molecule has 1 saturated heterocycles. The predicted octanol–water partition coefficient (Wildman–Crippen LogP) is 3.97. The maximum atomic E-state index is 4.99. The highest BCUT2D eigenvalue weighted by Gasteiger charge is 2.23. The first kappa shape index (κ1) is 15.8. The van der Waals surface area contributed by atoms with Gasteiger partial charge < -0.3 is 10.2 Å². The summed E-state index contributed by atoms with van der Waals surface area (Å²) in [5.41, 5.74) is 1.32. The van der Waals surface area contributed by atoms with Gasteiger partial charge in [0.25, 0.3) is 0 Å². The summed E-state index contributed by atoms with van der Waals surface area (Å²) in [7, 11) is 2.02. The molecule has 0 saturated carbocycles. The summed E-state index contributed by atoms with van der Waals surface area (Å²) in [6.07, 6.45) is 8.94. The van der Waals surface area contributed by atoms with Crippen molar-refractivity contribution < 1.29 is 0 Å². The van der Waals surface area contributed by atoms with Crippen molar-refractivity contribution >= 4 is 16.5 Å². The van der Waals surface area contributed by atoms with Crippen LogP contribution in [0.4, 0.5) is 5.13 Å². The lowest BCUT2D eigenvalue weighted by Gasteiger charge is -2.28. The molecule has 1 N–H and O–H groups in total. The molecule has 1 aromatic rings. The van der Waals surface area contributed by atoms with Crippen LogP contribution in [0, 0.1) is 0 Å². The fourth-order valence-electron chi connectivity index (χ4n) is 3.08. The summed E-state index contributed by atoms with van der Waals surface area (Å²) in [6, 6.07) is 0.695. The second kappa shape index (κ2) is 7.99. The van der Waals surface area contributed by atoms with Gasteiger partial charge in [-0.05, 0) is 32.7 Å². The zero-order chi connectivity index (χ0) is 14.4. The maximum absolute atomic E-state index is 4.99. The molecule has 1 aromatic heterocycles. The van der Waals surface area contributed by atoms with Crippen LogP contribution in [0.3, 0.4) is 0 Å². The Balaban J connectivity index is 2.22. The largest absolute Gasteiger partial charge is 0.345 e. The zero-order valence-corrected chi connectivity index (χ0v) is 14.1. The molecule has 1 aliphatic rings. The molecule has 0 spiro atoms. The summed E-state index contributed by atoms with van der Waals surface area (Å²) in [6.45, 7) is 6.70. The molecule has 1 unspecified atom stereocenters. The predicted molar refractivity (Wildman–Crippen MR) is 88.8 cm³/mol. The maximum Gasteiger partial charge on any atom is 0.186 e. The first-order valence-corrected chi connectivity index (χ1v) is 9.01. The molecule has 2 heterocycles. The molecular weight excluding hydrogens is 266 g/mol. The third-order valence-corrected chi connectivity index (χ3v) is 5.32. The SMILES string of the molecule is CCCc1nc(N2CCCCCC2CC)sc1CNC. The van der Waals surface area contributed by atoms with E-state index >= 15 is 0 Å². The van der Waals surface area contributed by atoms with Gasteiger partial charge in [0.05, 0.1) is 5.69 Å². The number of nitrogens with one attached hydrogen (secondary N) is 1. The van der Waals surface area contributed by atoms with E-state index in [9.17, 15) is 0 Å². The van der Waals surface area contributed by atoms with Gasteiger partial charge in [0.2, 0.25) is 0 Å². The van der Waals surface area contributed by atoms with Crippen molar-refractivity contribution in [3.05, 3.63) is 10.6 Å². The molecule has 1 fully saturated rings. The number of anilines is 1. The van der Waals surface area contributed by atoms with Gasteiger partial charge in [-0.3, -0.25) is 0 Å². The Hall–Kier alpha value is -0.610. The van der Waals surface area contributed by atoms with Gasteiger partial charge in [-0.15, -0.1) is 11.3 Å². The van der Waals surface area contributed by atoms with E-state index in [2.05, 4.69) is 24.1 Å². The fraction of sp³-hybridized carbons (Fsp3) is 0.812. The van der Waals surface area contributed by atoms with Crippen LogP contribution in [0.1, 0.15) is 62.9 Å². The second-order valence-electron chi connectivity index (χ2n) is 5.75. The molecule has 0 amide bonds. The van der Waals surface area contributed by atoms with Gasteiger partial charge in [0.15, 0.2) is 5.13 Å². The summed E-state index contributed by atoms with van der Waals surface area (Å²) in [4.78, 5) is 9.01. The quantitative estimate of drug-likeness (QED) is 0.860. The highest BCUT2D eigenvalue weighted by molar-refractivity contribution is 7.15. The monoisotopic (exact) mass is 295 g/mol. The van der Waals surface area contributed by atoms with Gasteiger partial charge in [-0.1, -0.05) is 33.1 Å². The molecule has 0 radical (unpaired) electrons. The summed E-state index contributed by atoms with van der Waals surface area (Å²) < 4.78 is 0. The molecule has 0 aliphatic carbocycles. The number of aromatic nitrogens is 1. The summed E-state index contributed by atoms with van der Waals surface area (Å²) >= 11 is 1.91. The van der Waals surface area contributed by atoms with Crippen LogP contribution in [0.15, 0.2) is 0 Å². The average molecular weight is 295 g/mol. The van der Waals surface area contributed by atoms with Crippen LogP contribution >= 0.6 is 11.3 Å². The molecule has 114 valence electrons. The molecule has 3 nitrogen and oxygen atoms in total. The first-order chi connectivity index (χ1) is 9.80. The number of thiazole rings is 1. The summed E-state index contributed by atoms with van der Waals surface area (Å²) in [5.74, 6) is 0. The third kappa shape index (κ3) is 3.73. The number of nitrogens with zero attached hydrogens (tertiary/aromatic N) is 2. The standard InChI is InChI=1S/C16H29N3S/c1-4-9-14-15(12-17-3)20-16(18-14)19-11-8-6-7-10-13(19)5-2/h13,17H,4-12H2,1-3H3. The molecule has 0 bridgehead atoms. The molecular formula is C16H29N3S. The van der Waals surface area contributed by atoms with Gasteiger partial charge in [0, 0.05) is 24.0 Å². The zero-order valence-electron chi connectivity index (χ0n) is 13.2. The third-order valence-electron chi connectivity index (χ3n) is 4.19. The minimum Gasteiger partial charge on any atom is -0.345 e. The Kier molecular flexibility index (Phi) is 6.30. The van der Waals surface area contributed by atoms with Crippen molar-refractivity contribution in [3.8, 4) is 0 Å².